The van der Waals surface area contributed by atoms with Crippen molar-refractivity contribution in [2.75, 3.05) is 0 Å². The lowest BCUT2D eigenvalue weighted by Gasteiger charge is -2.17. The van der Waals surface area contributed by atoms with E-state index in [9.17, 15) is 9.90 Å². The summed E-state index contributed by atoms with van der Waals surface area (Å²) in [5.41, 5.74) is 2.33. The summed E-state index contributed by atoms with van der Waals surface area (Å²) in [6.07, 6.45) is 0.501. The van der Waals surface area contributed by atoms with Crippen molar-refractivity contribution in [3.63, 3.8) is 0 Å². The maximum atomic E-state index is 13.0. The number of rotatable bonds is 2. The molecule has 1 aromatic heterocycles. The molecular weight excluding hydrogens is 470 g/mol. The van der Waals surface area contributed by atoms with Crippen LogP contribution in [-0.4, -0.2) is 20.0 Å². The minimum Gasteiger partial charge on any atom is -0.494 e. The van der Waals surface area contributed by atoms with Gasteiger partial charge in [-0.1, -0.05) is 40.2 Å². The highest BCUT2D eigenvalue weighted by Gasteiger charge is 2.27. The van der Waals surface area contributed by atoms with Crippen molar-refractivity contribution in [1.82, 2.24) is 9.13 Å². The van der Waals surface area contributed by atoms with Crippen LogP contribution in [0.3, 0.4) is 0 Å². The third kappa shape index (κ3) is 3.72. The van der Waals surface area contributed by atoms with E-state index in [0.717, 1.165) is 20.6 Å². The van der Waals surface area contributed by atoms with Gasteiger partial charge in [0.1, 0.15) is 5.56 Å². The Morgan fingerprint density at radius 1 is 1.14 bits per heavy atom. The Hall–Kier alpha value is -2.16. The molecule has 0 aliphatic carbocycles. The molecule has 1 aliphatic heterocycles. The van der Waals surface area contributed by atoms with E-state index in [1.807, 2.05) is 36.4 Å². The number of aliphatic imine (C=N–C) groups is 1. The molecule has 0 spiro atoms. The average molecular weight is 488 g/mol. The van der Waals surface area contributed by atoms with Crippen molar-refractivity contribution in [2.24, 2.45) is 19.1 Å². The Balaban J connectivity index is 1.93. The number of hydrogen-bond donors (Lipinski definition) is 1. The minimum atomic E-state index is -0.344. The molecule has 0 fully saturated rings. The number of thioether (sulfide) groups is 1. The summed E-state index contributed by atoms with van der Waals surface area (Å²) in [5, 5.41) is 10.8. The van der Waals surface area contributed by atoms with Crippen LogP contribution in [0.25, 0.3) is 0 Å². The van der Waals surface area contributed by atoms with E-state index in [1.165, 1.54) is 9.13 Å². The summed E-state index contributed by atoms with van der Waals surface area (Å²) in [6, 6.07) is 16.0. The van der Waals surface area contributed by atoms with Crippen LogP contribution in [0.2, 0.25) is 0 Å². The van der Waals surface area contributed by atoms with E-state index in [1.54, 1.807) is 25.9 Å². The first-order valence-corrected chi connectivity index (χ1v) is 11.0. The standard InChI is InChI=1S/C21H18BrN3O2S2/c1-24-19(26)18(20(27)25(2)21(24)28)15-11-17(12-7-9-13(22)10-8-12)29-16-6-4-3-5-14(16)23-15/h3-10,17,26H,11H2,1-2H3/t17-/m1/s1. The minimum absolute atomic E-state index is 0.0445. The first-order valence-electron chi connectivity index (χ1n) is 8.95. The van der Waals surface area contributed by atoms with Crippen molar-refractivity contribution in [2.45, 2.75) is 16.6 Å². The number of fused-ring (bicyclic) bond motifs is 1. The van der Waals surface area contributed by atoms with Crippen molar-refractivity contribution in [1.29, 1.82) is 0 Å². The van der Waals surface area contributed by atoms with Crippen LogP contribution < -0.4 is 5.56 Å². The molecule has 2 heterocycles. The zero-order chi connectivity index (χ0) is 20.7. The quantitative estimate of drug-likeness (QED) is 0.499. The van der Waals surface area contributed by atoms with Gasteiger partial charge in [0.15, 0.2) is 4.77 Å². The molecule has 0 saturated carbocycles. The van der Waals surface area contributed by atoms with Gasteiger partial charge in [0.05, 0.1) is 11.4 Å². The second kappa shape index (κ2) is 7.93. The zero-order valence-electron chi connectivity index (χ0n) is 15.8. The molecule has 29 heavy (non-hydrogen) atoms. The molecule has 5 nitrogen and oxygen atoms in total. The molecule has 0 unspecified atom stereocenters. The highest BCUT2D eigenvalue weighted by Crippen LogP contribution is 2.45. The van der Waals surface area contributed by atoms with Crippen molar-refractivity contribution in [3.05, 3.63) is 79.3 Å². The number of aromatic nitrogens is 2. The van der Waals surface area contributed by atoms with E-state index < -0.39 is 0 Å². The van der Waals surface area contributed by atoms with E-state index in [-0.39, 0.29) is 27.0 Å². The fourth-order valence-electron chi connectivity index (χ4n) is 3.32. The van der Waals surface area contributed by atoms with Crippen LogP contribution in [0.5, 0.6) is 5.88 Å². The molecule has 0 saturated heterocycles. The lowest BCUT2D eigenvalue weighted by Crippen LogP contribution is -2.29. The molecular formula is C21H18BrN3O2S2. The molecule has 0 amide bonds. The Morgan fingerprint density at radius 3 is 2.55 bits per heavy atom. The highest BCUT2D eigenvalue weighted by molar-refractivity contribution is 9.10. The van der Waals surface area contributed by atoms with Crippen molar-refractivity contribution >= 4 is 51.3 Å². The molecule has 0 bridgehead atoms. The number of aromatic hydroxyl groups is 1. The monoisotopic (exact) mass is 487 g/mol. The van der Waals surface area contributed by atoms with E-state index in [0.29, 0.717) is 12.1 Å². The number of benzene rings is 2. The van der Waals surface area contributed by atoms with Gasteiger partial charge in [-0.2, -0.15) is 0 Å². The predicted molar refractivity (Wildman–Crippen MR) is 123 cm³/mol. The van der Waals surface area contributed by atoms with Crippen molar-refractivity contribution in [3.8, 4) is 5.88 Å². The Kier molecular flexibility index (Phi) is 5.50. The molecule has 0 radical (unpaired) electrons. The van der Waals surface area contributed by atoms with Gasteiger partial charge in [-0.25, -0.2) is 0 Å². The summed E-state index contributed by atoms with van der Waals surface area (Å²) in [7, 11) is 3.26. The Bertz CT molecular complexity index is 1250. The maximum Gasteiger partial charge on any atom is 0.267 e. The first kappa shape index (κ1) is 20.1. The number of nitrogens with zero attached hydrogens (tertiary/aromatic N) is 3. The summed E-state index contributed by atoms with van der Waals surface area (Å²) >= 11 is 10.4. The van der Waals surface area contributed by atoms with Gasteiger partial charge < -0.3 is 5.11 Å². The van der Waals surface area contributed by atoms with Gasteiger partial charge in [0.25, 0.3) is 5.56 Å². The van der Waals surface area contributed by atoms with Gasteiger partial charge >= 0.3 is 0 Å². The van der Waals surface area contributed by atoms with Crippen LogP contribution >= 0.6 is 39.9 Å². The first-order chi connectivity index (χ1) is 13.9. The summed E-state index contributed by atoms with van der Waals surface area (Å²) < 4.78 is 4.07. The average Bonchev–Trinajstić information content (AvgIpc) is 2.91. The second-order valence-electron chi connectivity index (χ2n) is 6.79. The van der Waals surface area contributed by atoms with Gasteiger partial charge in [0.2, 0.25) is 5.88 Å². The van der Waals surface area contributed by atoms with Crippen LogP contribution in [0.1, 0.15) is 22.8 Å². The molecule has 1 atom stereocenters. The topological polar surface area (TPSA) is 59.5 Å². The molecule has 1 aliphatic rings. The Morgan fingerprint density at radius 2 is 1.83 bits per heavy atom. The molecule has 1 N–H and O–H groups in total. The van der Waals surface area contributed by atoms with Crippen molar-refractivity contribution < 1.29 is 5.11 Å². The molecule has 148 valence electrons. The van der Waals surface area contributed by atoms with Gasteiger partial charge in [-0.05, 0) is 42.0 Å². The van der Waals surface area contributed by atoms with E-state index in [2.05, 4.69) is 28.1 Å². The van der Waals surface area contributed by atoms with E-state index >= 15 is 0 Å². The summed E-state index contributed by atoms with van der Waals surface area (Å²) in [5.74, 6) is -0.157. The van der Waals surface area contributed by atoms with Crippen LogP contribution in [0.4, 0.5) is 5.69 Å². The van der Waals surface area contributed by atoms with Gasteiger partial charge in [-0.3, -0.25) is 18.9 Å². The largest absolute Gasteiger partial charge is 0.494 e. The van der Waals surface area contributed by atoms with Gasteiger partial charge in [-0.15, -0.1) is 11.8 Å². The van der Waals surface area contributed by atoms with E-state index in [4.69, 9.17) is 17.2 Å². The Labute approximate surface area is 185 Å². The maximum absolute atomic E-state index is 13.0. The molecule has 3 aromatic rings. The third-order valence-corrected chi connectivity index (χ3v) is 7.33. The third-order valence-electron chi connectivity index (χ3n) is 4.93. The zero-order valence-corrected chi connectivity index (χ0v) is 19.0. The lowest BCUT2D eigenvalue weighted by molar-refractivity contribution is 0.414. The van der Waals surface area contributed by atoms with Gasteiger partial charge in [0, 0.05) is 35.1 Å². The van der Waals surface area contributed by atoms with Crippen LogP contribution in [-0.2, 0) is 14.1 Å². The SMILES string of the molecule is Cn1c(O)c(C2=Nc3ccccc3S[C@@H](c3ccc(Br)cc3)C2)c(=O)n(C)c1=S. The fourth-order valence-corrected chi connectivity index (χ4v) is 4.98. The number of para-hydroxylation sites is 1. The number of halogens is 1. The smallest absolute Gasteiger partial charge is 0.267 e. The highest BCUT2D eigenvalue weighted by atomic mass is 79.9. The second-order valence-corrected chi connectivity index (χ2v) is 9.32. The lowest BCUT2D eigenvalue weighted by atomic mass is 10.0. The summed E-state index contributed by atoms with van der Waals surface area (Å²) in [4.78, 5) is 18.8. The fraction of sp³-hybridized carbons (Fsp3) is 0.190. The summed E-state index contributed by atoms with van der Waals surface area (Å²) in [6.45, 7) is 0. The van der Waals surface area contributed by atoms with Crippen LogP contribution in [0, 0.1) is 4.77 Å². The molecule has 4 rings (SSSR count). The predicted octanol–water partition coefficient (Wildman–Crippen LogP) is 5.28. The number of hydrogen-bond acceptors (Lipinski definition) is 5. The molecule has 2 aromatic carbocycles. The van der Waals surface area contributed by atoms with Crippen LogP contribution in [0.15, 0.2) is 67.7 Å². The molecule has 8 heteroatoms. The normalized spacial score (nSPS) is 16.1.